The van der Waals surface area contributed by atoms with Crippen LogP contribution in [0.25, 0.3) is 0 Å². The van der Waals surface area contributed by atoms with Crippen molar-refractivity contribution in [2.75, 3.05) is 0 Å². The fourth-order valence-electron chi connectivity index (χ4n) is 1.74. The minimum absolute atomic E-state index is 0.385. The molecular weight excluding hydrogens is 319 g/mol. The molecular formula is C17H14Cl2N2O. The van der Waals surface area contributed by atoms with Crippen molar-refractivity contribution in [2.24, 2.45) is 4.99 Å². The van der Waals surface area contributed by atoms with Crippen LogP contribution in [0.1, 0.15) is 11.1 Å². The molecule has 0 saturated heterocycles. The average molecular weight is 333 g/mol. The topological polar surface area (TPSA) is 33.6 Å². The van der Waals surface area contributed by atoms with Crippen LogP contribution in [0.2, 0.25) is 10.0 Å². The molecule has 3 nitrogen and oxygen atoms in total. The van der Waals surface area contributed by atoms with Gasteiger partial charge in [-0.3, -0.25) is 0 Å². The summed E-state index contributed by atoms with van der Waals surface area (Å²) in [6, 6.07) is 11.0. The number of hydrogen-bond acceptors (Lipinski definition) is 2. The Hall–Kier alpha value is -2.15. The Labute approximate surface area is 139 Å². The first-order chi connectivity index (χ1) is 10.6. The molecule has 0 spiro atoms. The molecule has 0 unspecified atom stereocenters. The van der Waals surface area contributed by atoms with Gasteiger partial charge in [0.05, 0.1) is 5.69 Å². The van der Waals surface area contributed by atoms with Gasteiger partial charge >= 0.3 is 0 Å². The minimum Gasteiger partial charge on any atom is -0.381 e. The Morgan fingerprint density at radius 3 is 2.45 bits per heavy atom. The van der Waals surface area contributed by atoms with E-state index in [-0.39, 0.29) is 0 Å². The SMILES string of the molecule is C#CCc1c(Cl)cc(N=CNOc2ccc(C)cc2)cc1Cl. The highest BCUT2D eigenvalue weighted by molar-refractivity contribution is 6.36. The van der Waals surface area contributed by atoms with Crippen molar-refractivity contribution in [1.29, 1.82) is 0 Å². The maximum atomic E-state index is 6.13. The first-order valence-corrected chi connectivity index (χ1v) is 7.28. The van der Waals surface area contributed by atoms with Gasteiger partial charge in [0.2, 0.25) is 0 Å². The molecule has 0 heterocycles. The second kappa shape index (κ2) is 7.74. The highest BCUT2D eigenvalue weighted by atomic mass is 35.5. The summed E-state index contributed by atoms with van der Waals surface area (Å²) in [6.07, 6.45) is 7.08. The van der Waals surface area contributed by atoms with Gasteiger partial charge in [-0.2, -0.15) is 0 Å². The van der Waals surface area contributed by atoms with Crippen LogP contribution < -0.4 is 10.3 Å². The Bertz CT molecular complexity index is 695. The van der Waals surface area contributed by atoms with Gasteiger partial charge in [-0.25, -0.2) is 10.5 Å². The first kappa shape index (κ1) is 16.2. The molecule has 112 valence electrons. The summed E-state index contributed by atoms with van der Waals surface area (Å²) in [5.41, 5.74) is 5.14. The number of halogens is 2. The van der Waals surface area contributed by atoms with Gasteiger partial charge in [0, 0.05) is 22.0 Å². The van der Waals surface area contributed by atoms with Gasteiger partial charge in [-0.15, -0.1) is 12.3 Å². The molecule has 1 N–H and O–H groups in total. The van der Waals surface area contributed by atoms with E-state index < -0.39 is 0 Å². The van der Waals surface area contributed by atoms with Gasteiger partial charge in [0.1, 0.15) is 6.34 Å². The second-order valence-electron chi connectivity index (χ2n) is 4.56. The zero-order valence-electron chi connectivity index (χ0n) is 11.9. The number of nitrogens with one attached hydrogen (secondary N) is 1. The maximum absolute atomic E-state index is 6.13. The molecule has 2 aromatic carbocycles. The lowest BCUT2D eigenvalue weighted by Gasteiger charge is -2.06. The molecule has 0 aliphatic carbocycles. The number of aryl methyl sites for hydroxylation is 1. The van der Waals surface area contributed by atoms with E-state index in [0.29, 0.717) is 27.9 Å². The molecule has 0 bridgehead atoms. The molecule has 0 aliphatic rings. The van der Waals surface area contributed by atoms with Gasteiger partial charge in [-0.1, -0.05) is 40.9 Å². The van der Waals surface area contributed by atoms with Gasteiger partial charge in [0.25, 0.3) is 0 Å². The van der Waals surface area contributed by atoms with Crippen molar-refractivity contribution >= 4 is 35.2 Å². The summed E-state index contributed by atoms with van der Waals surface area (Å²) in [5.74, 6) is 3.21. The Balaban J connectivity index is 1.98. The van der Waals surface area contributed by atoms with E-state index in [4.69, 9.17) is 34.5 Å². The van der Waals surface area contributed by atoms with E-state index in [1.807, 2.05) is 31.2 Å². The summed E-state index contributed by atoms with van der Waals surface area (Å²) in [6.45, 7) is 2.01. The fourth-order valence-corrected chi connectivity index (χ4v) is 2.35. The first-order valence-electron chi connectivity index (χ1n) is 6.53. The molecule has 0 aromatic heterocycles. The number of hydrogen-bond donors (Lipinski definition) is 1. The van der Waals surface area contributed by atoms with Gasteiger partial charge in [-0.05, 0) is 31.2 Å². The highest BCUT2D eigenvalue weighted by Crippen LogP contribution is 2.30. The van der Waals surface area contributed by atoms with Crippen molar-refractivity contribution in [1.82, 2.24) is 5.48 Å². The van der Waals surface area contributed by atoms with E-state index in [0.717, 1.165) is 11.1 Å². The van der Waals surface area contributed by atoms with Crippen LogP contribution in [0.15, 0.2) is 41.4 Å². The van der Waals surface area contributed by atoms with Crippen LogP contribution in [0, 0.1) is 19.3 Å². The Morgan fingerprint density at radius 1 is 1.23 bits per heavy atom. The fraction of sp³-hybridized carbons (Fsp3) is 0.118. The van der Waals surface area contributed by atoms with E-state index in [1.54, 1.807) is 12.1 Å². The molecule has 0 aliphatic heterocycles. The molecule has 0 radical (unpaired) electrons. The highest BCUT2D eigenvalue weighted by Gasteiger charge is 2.06. The molecule has 2 rings (SSSR count). The smallest absolute Gasteiger partial charge is 0.155 e. The zero-order chi connectivity index (χ0) is 15.9. The van der Waals surface area contributed by atoms with Crippen LogP contribution in [-0.4, -0.2) is 6.34 Å². The van der Waals surface area contributed by atoms with E-state index in [9.17, 15) is 0 Å². The number of terminal acetylenes is 1. The third kappa shape index (κ3) is 4.42. The summed E-state index contributed by atoms with van der Waals surface area (Å²) >= 11 is 12.3. The normalized spacial score (nSPS) is 10.5. The van der Waals surface area contributed by atoms with Crippen LogP contribution in [0.5, 0.6) is 5.75 Å². The maximum Gasteiger partial charge on any atom is 0.155 e. The second-order valence-corrected chi connectivity index (χ2v) is 5.37. The third-order valence-corrected chi connectivity index (χ3v) is 3.54. The lowest BCUT2D eigenvalue weighted by molar-refractivity contribution is 0.267. The van der Waals surface area contributed by atoms with Crippen LogP contribution in [0.3, 0.4) is 0 Å². The Kier molecular flexibility index (Phi) is 5.71. The average Bonchev–Trinajstić information content (AvgIpc) is 2.49. The minimum atomic E-state index is 0.385. The number of hydroxylamine groups is 1. The molecule has 22 heavy (non-hydrogen) atoms. The van der Waals surface area contributed by atoms with E-state index >= 15 is 0 Å². The molecule has 2 aromatic rings. The zero-order valence-corrected chi connectivity index (χ0v) is 13.4. The van der Waals surface area contributed by atoms with E-state index in [2.05, 4.69) is 16.4 Å². The lowest BCUT2D eigenvalue weighted by Crippen LogP contribution is -2.15. The summed E-state index contributed by atoms with van der Waals surface area (Å²) in [4.78, 5) is 9.49. The van der Waals surface area contributed by atoms with Crippen molar-refractivity contribution in [3.8, 4) is 18.1 Å². The molecule has 0 atom stereocenters. The largest absolute Gasteiger partial charge is 0.381 e. The number of aliphatic imine (C=N–C) groups is 1. The predicted molar refractivity (Wildman–Crippen MR) is 92.1 cm³/mol. The number of benzene rings is 2. The van der Waals surface area contributed by atoms with Crippen LogP contribution in [-0.2, 0) is 6.42 Å². The van der Waals surface area contributed by atoms with Gasteiger partial charge in [0.15, 0.2) is 5.75 Å². The molecule has 0 fully saturated rings. The van der Waals surface area contributed by atoms with Gasteiger partial charge < -0.3 is 4.84 Å². The molecule has 0 amide bonds. The molecule has 5 heteroatoms. The molecule has 0 saturated carbocycles. The lowest BCUT2D eigenvalue weighted by atomic mass is 10.1. The predicted octanol–water partition coefficient (Wildman–Crippen LogP) is 4.72. The van der Waals surface area contributed by atoms with Crippen molar-refractivity contribution in [2.45, 2.75) is 13.3 Å². The number of nitrogens with zero attached hydrogens (tertiary/aromatic N) is 1. The Morgan fingerprint density at radius 2 is 1.86 bits per heavy atom. The van der Waals surface area contributed by atoms with Crippen molar-refractivity contribution < 1.29 is 4.84 Å². The van der Waals surface area contributed by atoms with Crippen molar-refractivity contribution in [3.63, 3.8) is 0 Å². The standard InChI is InChI=1S/C17H14Cl2N2O/c1-3-4-15-16(18)9-13(10-17(15)19)20-11-21-22-14-7-5-12(2)6-8-14/h1,5-11H,4H2,2H3,(H,20,21). The quantitative estimate of drug-likeness (QED) is 0.372. The van der Waals surface area contributed by atoms with E-state index in [1.165, 1.54) is 6.34 Å². The monoisotopic (exact) mass is 332 g/mol. The summed E-state index contributed by atoms with van der Waals surface area (Å²) < 4.78 is 0. The van der Waals surface area contributed by atoms with Crippen molar-refractivity contribution in [3.05, 3.63) is 57.6 Å². The number of rotatable bonds is 5. The third-order valence-electron chi connectivity index (χ3n) is 2.87. The van der Waals surface area contributed by atoms with Crippen LogP contribution in [0.4, 0.5) is 5.69 Å². The summed E-state index contributed by atoms with van der Waals surface area (Å²) in [5, 5.41) is 0.995. The van der Waals surface area contributed by atoms with Crippen LogP contribution >= 0.6 is 23.2 Å². The summed E-state index contributed by atoms with van der Waals surface area (Å²) in [7, 11) is 0.